The van der Waals surface area contributed by atoms with Crippen LogP contribution in [0, 0.1) is 18.3 Å². The van der Waals surface area contributed by atoms with E-state index in [0.717, 1.165) is 52.6 Å². The summed E-state index contributed by atoms with van der Waals surface area (Å²) in [6.07, 6.45) is 2.06. The van der Waals surface area contributed by atoms with Gasteiger partial charge < -0.3 is 4.74 Å². The summed E-state index contributed by atoms with van der Waals surface area (Å²) in [4.78, 5) is 7.16. The average Bonchev–Trinajstić information content (AvgIpc) is 3.37. The molecule has 4 heterocycles. The second-order valence-electron chi connectivity index (χ2n) is 10.6. The minimum absolute atomic E-state index is 0.231. The molecule has 1 atom stereocenters. The van der Waals surface area contributed by atoms with Gasteiger partial charge in [0, 0.05) is 43.5 Å². The molecule has 1 aromatic carbocycles. The molecule has 1 spiro atoms. The summed E-state index contributed by atoms with van der Waals surface area (Å²) in [6, 6.07) is 9.83. The molecule has 10 heteroatoms. The molecule has 0 radical (unpaired) electrons. The van der Waals surface area contributed by atoms with Crippen LogP contribution >= 0.6 is 0 Å². The summed E-state index contributed by atoms with van der Waals surface area (Å²) in [5.41, 5.74) is 4.61. The SMILES string of the molecule is Cc1ccc(CN2CCC3(CC2)COC3)cc1-c1ccc2c(n1)N(C)S(=O)(=O)N2CC1CC1(F)F. The van der Waals surface area contributed by atoms with Crippen LogP contribution in [0.3, 0.4) is 0 Å². The standard InChI is InChI=1S/C25H30F2N4O3S/c1-17-3-4-18(13-30-9-7-24(8-10-30)15-34-16-24)11-20(17)21-5-6-22-23(28-21)29(2)35(32,33)31(22)14-19-12-25(19,26)27/h3-6,11,19H,7-10,12-16H2,1-2H3. The summed E-state index contributed by atoms with van der Waals surface area (Å²) in [5, 5.41) is 0. The number of anilines is 2. The molecular formula is C25H30F2N4O3S. The van der Waals surface area contributed by atoms with Gasteiger partial charge in [-0.1, -0.05) is 12.1 Å². The molecule has 3 fully saturated rings. The Balaban J connectivity index is 1.24. The molecule has 3 aliphatic heterocycles. The maximum Gasteiger partial charge on any atom is 0.327 e. The van der Waals surface area contributed by atoms with Crippen LogP contribution in [0.4, 0.5) is 20.3 Å². The van der Waals surface area contributed by atoms with E-state index in [0.29, 0.717) is 16.8 Å². The number of hydrogen-bond acceptors (Lipinski definition) is 5. The maximum absolute atomic E-state index is 13.5. The molecule has 1 aliphatic carbocycles. The molecule has 2 aromatic rings. The third kappa shape index (κ3) is 3.90. The fourth-order valence-electron chi connectivity index (χ4n) is 5.43. The summed E-state index contributed by atoms with van der Waals surface area (Å²) in [5.74, 6) is -3.46. The smallest absolute Gasteiger partial charge is 0.327 e. The van der Waals surface area contributed by atoms with Crippen LogP contribution in [-0.2, 0) is 21.5 Å². The van der Waals surface area contributed by atoms with Gasteiger partial charge in [-0.25, -0.2) is 22.4 Å². The van der Waals surface area contributed by atoms with Crippen LogP contribution < -0.4 is 8.61 Å². The van der Waals surface area contributed by atoms with Crippen molar-refractivity contribution in [2.24, 2.45) is 11.3 Å². The molecule has 2 saturated heterocycles. The number of benzene rings is 1. The summed E-state index contributed by atoms with van der Waals surface area (Å²) in [7, 11) is -2.49. The third-order valence-electron chi connectivity index (χ3n) is 8.11. The van der Waals surface area contributed by atoms with Gasteiger partial charge in [0.25, 0.3) is 5.92 Å². The van der Waals surface area contributed by atoms with Crippen molar-refractivity contribution in [2.75, 3.05) is 48.5 Å². The number of rotatable bonds is 5. The Hall–Kier alpha value is -2.30. The normalized spacial score (nSPS) is 26.0. The minimum atomic E-state index is -3.92. The number of hydrogen-bond donors (Lipinski definition) is 0. The lowest BCUT2D eigenvalue weighted by molar-refractivity contribution is -0.140. The van der Waals surface area contributed by atoms with E-state index in [4.69, 9.17) is 9.72 Å². The lowest BCUT2D eigenvalue weighted by Gasteiger charge is -2.47. The molecule has 35 heavy (non-hydrogen) atoms. The molecule has 1 aromatic heterocycles. The van der Waals surface area contributed by atoms with Crippen LogP contribution in [-0.4, -0.2) is 64.1 Å². The van der Waals surface area contributed by atoms with Crippen molar-refractivity contribution in [3.63, 3.8) is 0 Å². The second-order valence-corrected chi connectivity index (χ2v) is 12.5. The second kappa shape index (κ2) is 7.85. The predicted molar refractivity (Wildman–Crippen MR) is 130 cm³/mol. The molecule has 6 rings (SSSR count). The fourth-order valence-corrected chi connectivity index (χ4v) is 6.83. The molecule has 4 aliphatic rings. The molecule has 0 amide bonds. The zero-order valence-electron chi connectivity index (χ0n) is 20.0. The van der Waals surface area contributed by atoms with Gasteiger partial charge in [-0.3, -0.25) is 4.90 Å². The van der Waals surface area contributed by atoms with Crippen LogP contribution in [0.1, 0.15) is 30.4 Å². The lowest BCUT2D eigenvalue weighted by Crippen LogP contribution is -2.50. The largest absolute Gasteiger partial charge is 0.380 e. The Morgan fingerprint density at radius 3 is 2.49 bits per heavy atom. The topological polar surface area (TPSA) is 66.0 Å². The molecule has 7 nitrogen and oxygen atoms in total. The molecule has 1 unspecified atom stereocenters. The van der Waals surface area contributed by atoms with Crippen LogP contribution in [0.5, 0.6) is 0 Å². The van der Waals surface area contributed by atoms with Crippen LogP contribution in [0.15, 0.2) is 30.3 Å². The van der Waals surface area contributed by atoms with E-state index in [1.807, 2.05) is 6.92 Å². The number of likely N-dealkylation sites (tertiary alicyclic amines) is 1. The van der Waals surface area contributed by atoms with E-state index >= 15 is 0 Å². The molecule has 188 valence electrons. The van der Waals surface area contributed by atoms with Crippen molar-refractivity contribution in [3.05, 3.63) is 41.5 Å². The molecule has 0 bridgehead atoms. The first kappa shape index (κ1) is 23.1. The quantitative estimate of drug-likeness (QED) is 0.619. The number of ether oxygens (including phenoxy) is 1. The maximum atomic E-state index is 13.5. The van der Waals surface area contributed by atoms with Crippen LogP contribution in [0.25, 0.3) is 11.3 Å². The highest BCUT2D eigenvalue weighted by Gasteiger charge is 2.59. The van der Waals surface area contributed by atoms with Gasteiger partial charge in [-0.15, -0.1) is 0 Å². The van der Waals surface area contributed by atoms with Crippen molar-refractivity contribution in [3.8, 4) is 11.3 Å². The zero-order valence-corrected chi connectivity index (χ0v) is 20.8. The summed E-state index contributed by atoms with van der Waals surface area (Å²) < 4.78 is 60.5. The minimum Gasteiger partial charge on any atom is -0.380 e. The van der Waals surface area contributed by atoms with E-state index in [1.165, 1.54) is 25.5 Å². The van der Waals surface area contributed by atoms with Crippen molar-refractivity contribution in [1.29, 1.82) is 0 Å². The summed E-state index contributed by atoms with van der Waals surface area (Å²) in [6.45, 7) is 6.54. The van der Waals surface area contributed by atoms with Crippen molar-refractivity contribution in [2.45, 2.75) is 38.7 Å². The first-order valence-corrected chi connectivity index (χ1v) is 13.5. The molecule has 1 saturated carbocycles. The van der Waals surface area contributed by atoms with Gasteiger partial charge in [-0.05, 0) is 62.2 Å². The van der Waals surface area contributed by atoms with Crippen molar-refractivity contribution in [1.82, 2.24) is 9.88 Å². The first-order valence-electron chi connectivity index (χ1n) is 12.1. The Bertz CT molecular complexity index is 1270. The average molecular weight is 505 g/mol. The lowest BCUT2D eigenvalue weighted by atomic mass is 9.77. The van der Waals surface area contributed by atoms with Gasteiger partial charge in [0.05, 0.1) is 24.6 Å². The van der Waals surface area contributed by atoms with E-state index in [2.05, 4.69) is 23.1 Å². The first-order chi connectivity index (χ1) is 16.6. The predicted octanol–water partition coefficient (Wildman–Crippen LogP) is 3.83. The number of halogens is 2. The van der Waals surface area contributed by atoms with E-state index in [9.17, 15) is 17.2 Å². The van der Waals surface area contributed by atoms with Crippen LogP contribution in [0.2, 0.25) is 0 Å². The zero-order chi connectivity index (χ0) is 24.6. The fraction of sp³-hybridized carbons (Fsp3) is 0.560. The molecular weight excluding hydrogens is 474 g/mol. The molecule has 0 N–H and O–H groups in total. The Labute approximate surface area is 204 Å². The number of aromatic nitrogens is 1. The van der Waals surface area contributed by atoms with E-state index < -0.39 is 22.0 Å². The monoisotopic (exact) mass is 504 g/mol. The van der Waals surface area contributed by atoms with Crippen molar-refractivity contribution >= 4 is 21.7 Å². The third-order valence-corrected chi connectivity index (χ3v) is 9.87. The van der Waals surface area contributed by atoms with E-state index in [-0.39, 0.29) is 18.8 Å². The van der Waals surface area contributed by atoms with Gasteiger partial charge in [0.2, 0.25) is 0 Å². The number of pyridine rings is 1. The van der Waals surface area contributed by atoms with Crippen molar-refractivity contribution < 1.29 is 21.9 Å². The van der Waals surface area contributed by atoms with Gasteiger partial charge in [-0.2, -0.15) is 8.42 Å². The van der Waals surface area contributed by atoms with Gasteiger partial charge in [0.15, 0.2) is 5.82 Å². The highest BCUT2D eigenvalue weighted by Crippen LogP contribution is 2.51. The highest BCUT2D eigenvalue weighted by atomic mass is 32.2. The number of piperidine rings is 1. The number of nitrogens with zero attached hydrogens (tertiary/aromatic N) is 4. The Morgan fingerprint density at radius 1 is 1.14 bits per heavy atom. The summed E-state index contributed by atoms with van der Waals surface area (Å²) >= 11 is 0. The van der Waals surface area contributed by atoms with Gasteiger partial charge >= 0.3 is 10.2 Å². The highest BCUT2D eigenvalue weighted by molar-refractivity contribution is 7.94. The van der Waals surface area contributed by atoms with E-state index in [1.54, 1.807) is 12.1 Å². The number of fused-ring (bicyclic) bond motifs is 1. The Morgan fingerprint density at radius 2 is 1.86 bits per heavy atom. The Kier molecular flexibility index (Phi) is 5.18. The number of aryl methyl sites for hydroxylation is 1. The number of alkyl halides is 2. The van der Waals surface area contributed by atoms with Gasteiger partial charge in [0.1, 0.15) is 0 Å².